The number of carbonyl (C=O) groups is 2. The van der Waals surface area contributed by atoms with E-state index in [1.54, 1.807) is 0 Å². The fourth-order valence-corrected chi connectivity index (χ4v) is 1.47. The average molecular weight is 280 g/mol. The van der Waals surface area contributed by atoms with Gasteiger partial charge in [0, 0.05) is 0 Å². The summed E-state index contributed by atoms with van der Waals surface area (Å²) in [6.45, 7) is 11.0. The van der Waals surface area contributed by atoms with Crippen LogP contribution in [0.2, 0.25) is 0 Å². The summed E-state index contributed by atoms with van der Waals surface area (Å²) in [4.78, 5) is 18.9. The Hall–Kier alpha value is -0.463. The number of rotatable bonds is 9. The van der Waals surface area contributed by atoms with Crippen molar-refractivity contribution in [2.75, 3.05) is 0 Å². The molecule has 114 valence electrons. The van der Waals surface area contributed by atoms with E-state index in [2.05, 4.69) is 27.7 Å². The SMILES string of the molecule is O=C(O)CC(=O)O.[CH2-]C(CCCCCCC)C(C)C.[Li+]. The van der Waals surface area contributed by atoms with Gasteiger partial charge in [0.05, 0.1) is 0 Å². The molecule has 1 atom stereocenters. The minimum absolute atomic E-state index is 0. The van der Waals surface area contributed by atoms with Gasteiger partial charge in [0.25, 0.3) is 0 Å². The molecule has 0 aliphatic rings. The maximum atomic E-state index is 9.43. The molecule has 1 unspecified atom stereocenters. The first kappa shape index (κ1) is 24.5. The van der Waals surface area contributed by atoms with Gasteiger partial charge in [0.2, 0.25) is 0 Å². The molecule has 0 bridgehead atoms. The molecule has 0 aliphatic carbocycles. The topological polar surface area (TPSA) is 74.6 Å². The van der Waals surface area contributed by atoms with Crippen LogP contribution in [0.4, 0.5) is 0 Å². The van der Waals surface area contributed by atoms with Crippen molar-refractivity contribution in [3.8, 4) is 0 Å². The molecular formula is C15H29LiO4. The Morgan fingerprint density at radius 2 is 1.45 bits per heavy atom. The summed E-state index contributed by atoms with van der Waals surface area (Å²) in [6, 6.07) is 0. The standard InChI is InChI=1S/C12H25.C3H4O4.Li/c1-5-6-7-8-9-10-12(4)11(2)3;4-2(5)1-3(6)7;/h11-12H,4-10H2,1-3H3;1H2,(H,4,5)(H,6,7);/q-1;;+1. The van der Waals surface area contributed by atoms with Gasteiger partial charge in [-0.25, -0.2) is 0 Å². The van der Waals surface area contributed by atoms with Crippen molar-refractivity contribution >= 4 is 11.9 Å². The zero-order chi connectivity index (χ0) is 15.3. The molecular weight excluding hydrogens is 251 g/mol. The van der Waals surface area contributed by atoms with Gasteiger partial charge in [-0.05, 0) is 0 Å². The van der Waals surface area contributed by atoms with Crippen molar-refractivity contribution in [3.05, 3.63) is 6.92 Å². The van der Waals surface area contributed by atoms with Crippen LogP contribution in [0.5, 0.6) is 0 Å². The van der Waals surface area contributed by atoms with Crippen LogP contribution in [-0.2, 0) is 9.59 Å². The third-order valence-corrected chi connectivity index (χ3v) is 2.92. The normalized spacial score (nSPS) is 11.1. The summed E-state index contributed by atoms with van der Waals surface area (Å²) in [6.07, 6.45) is 7.48. The zero-order valence-electron chi connectivity index (χ0n) is 13.5. The van der Waals surface area contributed by atoms with Crippen LogP contribution in [0.25, 0.3) is 0 Å². The first-order chi connectivity index (χ1) is 8.81. The van der Waals surface area contributed by atoms with E-state index in [4.69, 9.17) is 10.2 Å². The van der Waals surface area contributed by atoms with Gasteiger partial charge in [0.1, 0.15) is 6.42 Å². The number of hydrogen-bond donors (Lipinski definition) is 2. The molecule has 0 spiro atoms. The molecule has 0 aliphatic heterocycles. The van der Waals surface area contributed by atoms with E-state index in [1.165, 1.54) is 38.5 Å². The van der Waals surface area contributed by atoms with Gasteiger partial charge in [-0.1, -0.05) is 65.2 Å². The van der Waals surface area contributed by atoms with Crippen molar-refractivity contribution in [3.63, 3.8) is 0 Å². The summed E-state index contributed by atoms with van der Waals surface area (Å²) in [5.74, 6) is -1.19. The van der Waals surface area contributed by atoms with Crippen molar-refractivity contribution in [1.29, 1.82) is 0 Å². The predicted molar refractivity (Wildman–Crippen MR) is 76.9 cm³/mol. The van der Waals surface area contributed by atoms with Crippen molar-refractivity contribution in [2.45, 2.75) is 65.7 Å². The van der Waals surface area contributed by atoms with Crippen molar-refractivity contribution in [2.24, 2.45) is 11.8 Å². The average Bonchev–Trinajstić information content (AvgIpc) is 2.27. The van der Waals surface area contributed by atoms with Crippen LogP contribution in [0.15, 0.2) is 0 Å². The molecule has 5 heteroatoms. The Bertz CT molecular complexity index is 230. The largest absolute Gasteiger partial charge is 1.00 e. The van der Waals surface area contributed by atoms with Crippen LogP contribution < -0.4 is 18.9 Å². The van der Waals surface area contributed by atoms with Gasteiger partial charge in [-0.15, -0.1) is 0 Å². The number of carboxylic acids is 2. The van der Waals surface area contributed by atoms with Crippen LogP contribution in [0.1, 0.15) is 65.7 Å². The quantitative estimate of drug-likeness (QED) is 0.286. The van der Waals surface area contributed by atoms with Gasteiger partial charge >= 0.3 is 30.8 Å². The maximum absolute atomic E-state index is 9.43. The predicted octanol–water partition coefficient (Wildman–Crippen LogP) is 1.00. The number of unbranched alkanes of at least 4 members (excludes halogenated alkanes) is 4. The second-order valence-corrected chi connectivity index (χ2v) is 5.17. The fourth-order valence-electron chi connectivity index (χ4n) is 1.47. The molecule has 2 N–H and O–H groups in total. The molecule has 0 rings (SSSR count). The summed E-state index contributed by atoms with van der Waals surface area (Å²) in [5, 5.41) is 15.4. The molecule has 0 aromatic rings. The van der Waals surface area contributed by atoms with E-state index < -0.39 is 18.4 Å². The molecule has 0 fully saturated rings. The van der Waals surface area contributed by atoms with E-state index in [0.29, 0.717) is 5.92 Å². The Labute approximate surface area is 135 Å². The first-order valence-electron chi connectivity index (χ1n) is 7.07. The third-order valence-electron chi connectivity index (χ3n) is 2.92. The van der Waals surface area contributed by atoms with E-state index in [-0.39, 0.29) is 18.9 Å². The molecule has 0 radical (unpaired) electrons. The third kappa shape index (κ3) is 22.7. The smallest absolute Gasteiger partial charge is 0.481 e. The molecule has 0 saturated heterocycles. The second kappa shape index (κ2) is 16.6. The number of carboxylic acid groups (broad SMARTS) is 2. The van der Waals surface area contributed by atoms with Crippen LogP contribution in [0, 0.1) is 18.8 Å². The Morgan fingerprint density at radius 3 is 1.75 bits per heavy atom. The summed E-state index contributed by atoms with van der Waals surface area (Å²) in [7, 11) is 0. The van der Waals surface area contributed by atoms with Gasteiger partial charge in [0.15, 0.2) is 0 Å². The van der Waals surface area contributed by atoms with E-state index in [0.717, 1.165) is 5.92 Å². The first-order valence-corrected chi connectivity index (χ1v) is 7.07. The zero-order valence-corrected chi connectivity index (χ0v) is 13.5. The molecule has 4 nitrogen and oxygen atoms in total. The molecule has 0 saturated carbocycles. The summed E-state index contributed by atoms with van der Waals surface area (Å²) in [5.41, 5.74) is 0. The Morgan fingerprint density at radius 1 is 1.00 bits per heavy atom. The van der Waals surface area contributed by atoms with Crippen LogP contribution in [0.3, 0.4) is 0 Å². The second-order valence-electron chi connectivity index (χ2n) is 5.17. The molecule has 0 heterocycles. The summed E-state index contributed by atoms with van der Waals surface area (Å²) < 4.78 is 0. The molecule has 0 aromatic carbocycles. The van der Waals surface area contributed by atoms with Gasteiger partial charge < -0.3 is 17.1 Å². The monoisotopic (exact) mass is 280 g/mol. The molecule has 0 aromatic heterocycles. The molecule has 0 amide bonds. The van der Waals surface area contributed by atoms with Gasteiger partial charge in [-0.3, -0.25) is 9.59 Å². The fraction of sp³-hybridized carbons (Fsp3) is 0.800. The minimum atomic E-state index is -1.31. The molecule has 20 heavy (non-hydrogen) atoms. The van der Waals surface area contributed by atoms with E-state index in [9.17, 15) is 9.59 Å². The van der Waals surface area contributed by atoms with Gasteiger partial charge in [-0.2, -0.15) is 5.92 Å². The van der Waals surface area contributed by atoms with E-state index in [1.807, 2.05) is 0 Å². The number of aliphatic carboxylic acids is 2. The van der Waals surface area contributed by atoms with Crippen molar-refractivity contribution in [1.82, 2.24) is 0 Å². The number of hydrogen-bond acceptors (Lipinski definition) is 2. The van der Waals surface area contributed by atoms with Crippen LogP contribution in [-0.4, -0.2) is 22.2 Å². The minimum Gasteiger partial charge on any atom is -0.481 e. The Balaban J connectivity index is -0.000000312. The van der Waals surface area contributed by atoms with Crippen LogP contribution >= 0.6 is 0 Å². The Kier molecular flexibility index (Phi) is 20.4. The van der Waals surface area contributed by atoms with E-state index >= 15 is 0 Å². The maximum Gasteiger partial charge on any atom is 1.00 e. The van der Waals surface area contributed by atoms with Crippen molar-refractivity contribution < 1.29 is 38.7 Å². The summed E-state index contributed by atoms with van der Waals surface area (Å²) >= 11 is 0.